The Morgan fingerprint density at radius 2 is 0.881 bits per heavy atom. The Morgan fingerprint density at radius 3 is 1.33 bits per heavy atom. The summed E-state index contributed by atoms with van der Waals surface area (Å²) < 4.78 is 0. The molecule has 1 aliphatic carbocycles. The van der Waals surface area contributed by atoms with E-state index in [2.05, 4.69) is 21.3 Å². The minimum atomic E-state index is -0.359. The van der Waals surface area contributed by atoms with Crippen LogP contribution in [0.25, 0.3) is 0 Å². The molecule has 42 heavy (non-hydrogen) atoms. The number of carbonyl (C=O) groups excluding carboxylic acids is 4. The molecule has 0 spiro atoms. The molecule has 4 aromatic carbocycles. The third-order valence-corrected chi connectivity index (χ3v) is 6.48. The zero-order chi connectivity index (χ0) is 29.3. The second-order valence-corrected chi connectivity index (χ2v) is 9.56. The lowest BCUT2D eigenvalue weighted by Crippen LogP contribution is -2.22. The van der Waals surface area contributed by atoms with Gasteiger partial charge < -0.3 is 21.3 Å². The number of allylic oxidation sites excluding steroid dienone is 3. The average molecular weight is 557 g/mol. The Hall–Kier alpha value is -5.76. The molecule has 0 saturated heterocycles. The molecular formula is C34H28N4O4. The van der Waals surface area contributed by atoms with Crippen molar-refractivity contribution in [3.05, 3.63) is 149 Å². The molecule has 0 aromatic heterocycles. The van der Waals surface area contributed by atoms with E-state index in [9.17, 15) is 19.2 Å². The van der Waals surface area contributed by atoms with E-state index < -0.39 is 0 Å². The number of para-hydroxylation sites is 1. The molecular weight excluding hydrogens is 528 g/mol. The van der Waals surface area contributed by atoms with Gasteiger partial charge in [0.1, 0.15) is 0 Å². The normalized spacial score (nSPS) is 12.0. The predicted octanol–water partition coefficient (Wildman–Crippen LogP) is 6.41. The van der Waals surface area contributed by atoms with Crippen molar-refractivity contribution < 1.29 is 19.2 Å². The smallest absolute Gasteiger partial charge is 0.255 e. The summed E-state index contributed by atoms with van der Waals surface area (Å²) in [5.41, 5.74) is 4.05. The maximum atomic E-state index is 12.8. The van der Waals surface area contributed by atoms with Crippen LogP contribution in [0.15, 0.2) is 127 Å². The van der Waals surface area contributed by atoms with Crippen molar-refractivity contribution in [3.8, 4) is 0 Å². The monoisotopic (exact) mass is 556 g/mol. The number of nitrogens with one attached hydrogen (secondary N) is 4. The van der Waals surface area contributed by atoms with Gasteiger partial charge in [0.15, 0.2) is 0 Å². The fourth-order valence-corrected chi connectivity index (χ4v) is 4.26. The van der Waals surface area contributed by atoms with Crippen LogP contribution in [0.4, 0.5) is 17.1 Å². The molecule has 0 atom stereocenters. The fraction of sp³-hybridized carbons (Fsp3) is 0.0588. The van der Waals surface area contributed by atoms with Gasteiger partial charge in [-0.3, -0.25) is 19.2 Å². The lowest BCUT2D eigenvalue weighted by molar-refractivity contribution is 0.0963. The summed E-state index contributed by atoms with van der Waals surface area (Å²) in [7, 11) is 0. The van der Waals surface area contributed by atoms with Crippen LogP contribution in [0.1, 0.15) is 54.3 Å². The van der Waals surface area contributed by atoms with Gasteiger partial charge in [-0.1, -0.05) is 36.4 Å². The second kappa shape index (κ2) is 13.1. The Balaban J connectivity index is 1.16. The first-order valence-electron chi connectivity index (χ1n) is 13.4. The molecule has 0 fully saturated rings. The number of amides is 4. The summed E-state index contributed by atoms with van der Waals surface area (Å²) in [4.78, 5) is 50.6. The summed E-state index contributed by atoms with van der Waals surface area (Å²) in [5, 5.41) is 11.3. The Kier molecular flexibility index (Phi) is 8.64. The van der Waals surface area contributed by atoms with Crippen molar-refractivity contribution in [1.29, 1.82) is 0 Å². The fourth-order valence-electron chi connectivity index (χ4n) is 4.26. The van der Waals surface area contributed by atoms with Gasteiger partial charge in [-0.2, -0.15) is 0 Å². The number of rotatable bonds is 8. The molecule has 0 saturated carbocycles. The van der Waals surface area contributed by atoms with Gasteiger partial charge in [-0.25, -0.2) is 0 Å². The lowest BCUT2D eigenvalue weighted by Gasteiger charge is -2.11. The highest BCUT2D eigenvalue weighted by Gasteiger charge is 2.13. The highest BCUT2D eigenvalue weighted by atomic mass is 16.2. The van der Waals surface area contributed by atoms with E-state index in [1.807, 2.05) is 36.4 Å². The molecule has 1 aliphatic rings. The largest absolute Gasteiger partial charge is 0.322 e. The van der Waals surface area contributed by atoms with Gasteiger partial charge in [0, 0.05) is 45.0 Å². The van der Waals surface area contributed by atoms with E-state index in [0.717, 1.165) is 18.5 Å². The zero-order valence-electron chi connectivity index (χ0n) is 22.6. The third-order valence-electron chi connectivity index (χ3n) is 6.48. The number of carbonyl (C=O) groups is 4. The maximum absolute atomic E-state index is 12.8. The standard InChI is InChI=1S/C34H28N4O4/c39-31(35-27-8-3-1-4-9-27)23-14-18-25(19-15-23)33(41)37-29-12-7-13-30(22-29)38-34(42)26-20-16-24(17-21-26)32(40)36-28-10-5-2-6-11-28/h1,3-5,7-22H,2,6H2,(H,35,39)(H,36,40)(H,37,41)(H,38,42). The Bertz CT molecular complexity index is 1680. The molecule has 0 bridgehead atoms. The topological polar surface area (TPSA) is 116 Å². The summed E-state index contributed by atoms with van der Waals surface area (Å²) >= 11 is 0. The van der Waals surface area contributed by atoms with Crippen molar-refractivity contribution in [2.75, 3.05) is 16.0 Å². The summed E-state index contributed by atoms with van der Waals surface area (Å²) in [6.45, 7) is 0. The van der Waals surface area contributed by atoms with Crippen LogP contribution in [-0.4, -0.2) is 23.6 Å². The van der Waals surface area contributed by atoms with E-state index in [-0.39, 0.29) is 23.6 Å². The molecule has 0 radical (unpaired) electrons. The number of anilines is 3. The van der Waals surface area contributed by atoms with Crippen LogP contribution >= 0.6 is 0 Å². The van der Waals surface area contributed by atoms with E-state index in [0.29, 0.717) is 39.3 Å². The van der Waals surface area contributed by atoms with Crippen molar-refractivity contribution in [1.82, 2.24) is 5.32 Å². The highest BCUT2D eigenvalue weighted by molar-refractivity contribution is 6.08. The predicted molar refractivity (Wildman–Crippen MR) is 164 cm³/mol. The quantitative estimate of drug-likeness (QED) is 0.201. The Labute approximate surface area is 243 Å². The number of hydrogen-bond donors (Lipinski definition) is 4. The van der Waals surface area contributed by atoms with Crippen molar-refractivity contribution in [2.24, 2.45) is 0 Å². The van der Waals surface area contributed by atoms with E-state index in [4.69, 9.17) is 0 Å². The first-order valence-corrected chi connectivity index (χ1v) is 13.4. The summed E-state index contributed by atoms with van der Waals surface area (Å²) in [6, 6.07) is 28.6. The van der Waals surface area contributed by atoms with Gasteiger partial charge in [-0.05, 0) is 97.8 Å². The van der Waals surface area contributed by atoms with E-state index >= 15 is 0 Å². The number of benzene rings is 4. The van der Waals surface area contributed by atoms with Crippen LogP contribution in [0, 0.1) is 0 Å². The lowest BCUT2D eigenvalue weighted by atomic mass is 10.1. The van der Waals surface area contributed by atoms with Gasteiger partial charge in [0.05, 0.1) is 0 Å². The van der Waals surface area contributed by atoms with Gasteiger partial charge in [-0.15, -0.1) is 0 Å². The molecule has 0 unspecified atom stereocenters. The highest BCUT2D eigenvalue weighted by Crippen LogP contribution is 2.18. The molecule has 5 rings (SSSR count). The molecule has 0 aliphatic heterocycles. The van der Waals surface area contributed by atoms with Crippen molar-refractivity contribution in [2.45, 2.75) is 12.8 Å². The van der Waals surface area contributed by atoms with E-state index in [1.54, 1.807) is 84.9 Å². The minimum Gasteiger partial charge on any atom is -0.322 e. The van der Waals surface area contributed by atoms with Crippen LogP contribution in [0.2, 0.25) is 0 Å². The first-order chi connectivity index (χ1) is 20.4. The SMILES string of the molecule is O=C(NC1=CCCC=C1)c1ccc(C(=O)Nc2cccc(NC(=O)c3ccc(C(=O)Nc4ccccc4)cc3)c2)cc1. The molecule has 4 aromatic rings. The molecule has 4 amide bonds. The molecule has 4 N–H and O–H groups in total. The van der Waals surface area contributed by atoms with Gasteiger partial charge >= 0.3 is 0 Å². The summed E-state index contributed by atoms with van der Waals surface area (Å²) in [6.07, 6.45) is 7.71. The molecule has 8 heteroatoms. The van der Waals surface area contributed by atoms with E-state index in [1.165, 1.54) is 0 Å². The first kappa shape index (κ1) is 27.8. The minimum absolute atomic E-state index is 0.242. The zero-order valence-corrected chi connectivity index (χ0v) is 22.6. The van der Waals surface area contributed by atoms with Gasteiger partial charge in [0.25, 0.3) is 23.6 Å². The molecule has 208 valence electrons. The summed E-state index contributed by atoms with van der Waals surface area (Å²) in [5.74, 6) is -1.23. The van der Waals surface area contributed by atoms with Crippen LogP contribution < -0.4 is 21.3 Å². The second-order valence-electron chi connectivity index (χ2n) is 9.56. The van der Waals surface area contributed by atoms with Crippen molar-refractivity contribution in [3.63, 3.8) is 0 Å². The third kappa shape index (κ3) is 7.25. The Morgan fingerprint density at radius 1 is 0.452 bits per heavy atom. The van der Waals surface area contributed by atoms with Crippen LogP contribution in [0.5, 0.6) is 0 Å². The van der Waals surface area contributed by atoms with Crippen LogP contribution in [0.3, 0.4) is 0 Å². The van der Waals surface area contributed by atoms with Crippen molar-refractivity contribution >= 4 is 40.7 Å². The maximum Gasteiger partial charge on any atom is 0.255 e. The molecule has 0 heterocycles. The number of hydrogen-bond acceptors (Lipinski definition) is 4. The average Bonchev–Trinajstić information content (AvgIpc) is 3.02. The molecule has 8 nitrogen and oxygen atoms in total. The van der Waals surface area contributed by atoms with Gasteiger partial charge in [0.2, 0.25) is 0 Å². The van der Waals surface area contributed by atoms with Crippen LogP contribution in [-0.2, 0) is 0 Å².